The van der Waals surface area contributed by atoms with Crippen LogP contribution in [0.5, 0.6) is 0 Å². The average Bonchev–Trinajstić information content (AvgIpc) is 2.46. The van der Waals surface area contributed by atoms with Gasteiger partial charge in [0.1, 0.15) is 0 Å². The van der Waals surface area contributed by atoms with Gasteiger partial charge in [0.05, 0.1) is 0 Å². The fraction of sp³-hybridized carbons (Fsp3) is 0.913. The summed E-state index contributed by atoms with van der Waals surface area (Å²) < 4.78 is 0. The molecular formula is C23H44N4O2. The topological polar surface area (TPSA) is 73.5 Å². The van der Waals surface area contributed by atoms with E-state index in [1.807, 2.05) is 0 Å². The lowest BCUT2D eigenvalue weighted by Gasteiger charge is -2.53. The summed E-state index contributed by atoms with van der Waals surface area (Å²) in [6.07, 6.45) is 4.13. The zero-order valence-corrected chi connectivity index (χ0v) is 20.2. The molecular weight excluding hydrogens is 364 g/mol. The summed E-state index contributed by atoms with van der Waals surface area (Å²) in [5.41, 5.74) is 0.0486. The first kappa shape index (κ1) is 24.1. The highest BCUT2D eigenvalue weighted by Gasteiger charge is 2.43. The molecule has 0 unspecified atom stereocenters. The standard InChI is InChI=1S/C23H44N4O2/c1-20(2)12-16(13-21(3,4)26-20)24-18(28)10-11-19(29)25-17-14-22(5,6)27(9)23(7,8)15-17/h16-17,26H,10-15H2,1-9H3,(H,24,28)(H,25,29). The summed E-state index contributed by atoms with van der Waals surface area (Å²) in [6.45, 7) is 17.6. The van der Waals surface area contributed by atoms with Crippen LogP contribution in [0.25, 0.3) is 0 Å². The van der Waals surface area contributed by atoms with Crippen LogP contribution in [0, 0.1) is 0 Å². The van der Waals surface area contributed by atoms with Gasteiger partial charge < -0.3 is 16.0 Å². The van der Waals surface area contributed by atoms with Gasteiger partial charge >= 0.3 is 0 Å². The monoisotopic (exact) mass is 408 g/mol. The van der Waals surface area contributed by atoms with Crippen molar-refractivity contribution in [3.8, 4) is 0 Å². The van der Waals surface area contributed by atoms with E-state index in [9.17, 15) is 9.59 Å². The fourth-order valence-electron chi connectivity index (χ4n) is 5.72. The predicted molar refractivity (Wildman–Crippen MR) is 119 cm³/mol. The van der Waals surface area contributed by atoms with Crippen LogP contribution < -0.4 is 16.0 Å². The van der Waals surface area contributed by atoms with Crippen LogP contribution in [0.4, 0.5) is 0 Å². The van der Waals surface area contributed by atoms with Crippen molar-refractivity contribution in [1.82, 2.24) is 20.9 Å². The summed E-state index contributed by atoms with van der Waals surface area (Å²) >= 11 is 0. The molecule has 2 rings (SSSR count). The third-order valence-electron chi connectivity index (χ3n) is 6.81. The number of likely N-dealkylation sites (tertiary alicyclic amines) is 1. The van der Waals surface area contributed by atoms with Gasteiger partial charge in [0, 0.05) is 47.1 Å². The number of hydrogen-bond acceptors (Lipinski definition) is 4. The molecule has 2 amide bonds. The predicted octanol–water partition coefficient (Wildman–Crippen LogP) is 2.96. The zero-order chi connectivity index (χ0) is 22.3. The summed E-state index contributed by atoms with van der Waals surface area (Å²) in [6, 6.07) is 0.296. The smallest absolute Gasteiger partial charge is 0.220 e. The lowest BCUT2D eigenvalue weighted by Crippen LogP contribution is -2.62. The van der Waals surface area contributed by atoms with E-state index >= 15 is 0 Å². The van der Waals surface area contributed by atoms with Crippen LogP contribution in [-0.2, 0) is 9.59 Å². The molecule has 0 aromatic heterocycles. The van der Waals surface area contributed by atoms with Crippen molar-refractivity contribution in [3.63, 3.8) is 0 Å². The molecule has 2 heterocycles. The average molecular weight is 409 g/mol. The van der Waals surface area contributed by atoms with Crippen LogP contribution >= 0.6 is 0 Å². The molecule has 0 aliphatic carbocycles. The molecule has 0 bridgehead atoms. The molecule has 0 aromatic rings. The zero-order valence-electron chi connectivity index (χ0n) is 20.2. The van der Waals surface area contributed by atoms with E-state index in [1.54, 1.807) is 0 Å². The molecule has 0 spiro atoms. The van der Waals surface area contributed by atoms with E-state index in [1.165, 1.54) is 0 Å². The molecule has 6 heteroatoms. The highest BCUT2D eigenvalue weighted by molar-refractivity contribution is 5.84. The second-order valence-corrected chi connectivity index (χ2v) is 11.9. The van der Waals surface area contributed by atoms with Gasteiger partial charge in [-0.15, -0.1) is 0 Å². The first-order valence-electron chi connectivity index (χ1n) is 11.1. The van der Waals surface area contributed by atoms with Crippen molar-refractivity contribution in [2.45, 2.75) is 128 Å². The first-order valence-corrected chi connectivity index (χ1v) is 11.1. The maximum absolute atomic E-state index is 12.5. The van der Waals surface area contributed by atoms with E-state index in [-0.39, 0.29) is 58.9 Å². The Hall–Kier alpha value is -1.14. The third kappa shape index (κ3) is 6.68. The Morgan fingerprint density at radius 3 is 1.48 bits per heavy atom. The Bertz CT molecular complexity index is 590. The van der Waals surface area contributed by atoms with Crippen molar-refractivity contribution in [3.05, 3.63) is 0 Å². The van der Waals surface area contributed by atoms with Crippen molar-refractivity contribution in [2.24, 2.45) is 0 Å². The Labute approximate surface area is 177 Å². The van der Waals surface area contributed by atoms with Gasteiger partial charge in [-0.3, -0.25) is 14.5 Å². The van der Waals surface area contributed by atoms with Crippen LogP contribution in [-0.4, -0.2) is 58.0 Å². The summed E-state index contributed by atoms with van der Waals surface area (Å²) in [7, 11) is 2.16. The molecule has 0 saturated carbocycles. The number of amides is 2. The number of piperidine rings is 2. The molecule has 2 aliphatic heterocycles. The molecule has 0 radical (unpaired) electrons. The quantitative estimate of drug-likeness (QED) is 0.654. The number of nitrogens with one attached hydrogen (secondary N) is 3. The Morgan fingerprint density at radius 2 is 1.10 bits per heavy atom. The van der Waals surface area contributed by atoms with Crippen molar-refractivity contribution in [1.29, 1.82) is 0 Å². The Kier molecular flexibility index (Phi) is 6.81. The maximum Gasteiger partial charge on any atom is 0.220 e. The fourth-order valence-corrected chi connectivity index (χ4v) is 5.72. The lowest BCUT2D eigenvalue weighted by atomic mass is 9.77. The van der Waals surface area contributed by atoms with Crippen LogP contribution in [0.1, 0.15) is 93.9 Å². The number of carbonyl (C=O) groups excluding carboxylic acids is 2. The van der Waals surface area contributed by atoms with Gasteiger partial charge in [-0.25, -0.2) is 0 Å². The Morgan fingerprint density at radius 1 is 0.759 bits per heavy atom. The number of carbonyl (C=O) groups is 2. The molecule has 0 aromatic carbocycles. The second-order valence-electron chi connectivity index (χ2n) is 11.9. The minimum absolute atomic E-state index is 0.00911. The van der Waals surface area contributed by atoms with E-state index in [2.05, 4.69) is 83.3 Å². The van der Waals surface area contributed by atoms with Crippen LogP contribution in [0.2, 0.25) is 0 Å². The second kappa shape index (κ2) is 8.18. The molecule has 2 saturated heterocycles. The van der Waals surface area contributed by atoms with Crippen molar-refractivity contribution in [2.75, 3.05) is 7.05 Å². The minimum atomic E-state index is -0.0253. The number of hydrogen-bond donors (Lipinski definition) is 3. The first-order chi connectivity index (χ1) is 13.0. The third-order valence-corrected chi connectivity index (χ3v) is 6.81. The van der Waals surface area contributed by atoms with Gasteiger partial charge in [-0.2, -0.15) is 0 Å². The largest absolute Gasteiger partial charge is 0.353 e. The molecule has 6 nitrogen and oxygen atoms in total. The van der Waals surface area contributed by atoms with E-state index in [0.717, 1.165) is 25.7 Å². The molecule has 168 valence electrons. The Balaban J connectivity index is 1.81. The highest BCUT2D eigenvalue weighted by Crippen LogP contribution is 2.36. The molecule has 29 heavy (non-hydrogen) atoms. The lowest BCUT2D eigenvalue weighted by molar-refractivity contribution is -0.128. The molecule has 2 aliphatic rings. The van der Waals surface area contributed by atoms with E-state index < -0.39 is 0 Å². The van der Waals surface area contributed by atoms with Crippen molar-refractivity contribution < 1.29 is 9.59 Å². The number of nitrogens with zero attached hydrogens (tertiary/aromatic N) is 1. The van der Waals surface area contributed by atoms with Gasteiger partial charge in [0.15, 0.2) is 0 Å². The normalized spacial score (nSPS) is 26.7. The van der Waals surface area contributed by atoms with Gasteiger partial charge in [-0.05, 0) is 88.1 Å². The van der Waals surface area contributed by atoms with E-state index in [0.29, 0.717) is 0 Å². The molecule has 0 atom stereocenters. The summed E-state index contributed by atoms with van der Waals surface area (Å²) in [5, 5.41) is 9.96. The summed E-state index contributed by atoms with van der Waals surface area (Å²) in [4.78, 5) is 27.4. The van der Waals surface area contributed by atoms with Gasteiger partial charge in [-0.1, -0.05) is 0 Å². The van der Waals surface area contributed by atoms with E-state index in [4.69, 9.17) is 0 Å². The van der Waals surface area contributed by atoms with Gasteiger partial charge in [0.2, 0.25) is 11.8 Å². The maximum atomic E-state index is 12.5. The highest BCUT2D eigenvalue weighted by atomic mass is 16.2. The van der Waals surface area contributed by atoms with Crippen molar-refractivity contribution >= 4 is 11.8 Å². The van der Waals surface area contributed by atoms with Crippen LogP contribution in [0.15, 0.2) is 0 Å². The number of rotatable bonds is 5. The molecule has 3 N–H and O–H groups in total. The van der Waals surface area contributed by atoms with Crippen LogP contribution in [0.3, 0.4) is 0 Å². The van der Waals surface area contributed by atoms with Gasteiger partial charge in [0.25, 0.3) is 0 Å². The SMILES string of the molecule is CN1C(C)(C)CC(NC(=O)CCC(=O)NC2CC(C)(C)NC(C)(C)C2)CC1(C)C. The molecule has 2 fully saturated rings. The minimum Gasteiger partial charge on any atom is -0.353 e. The summed E-state index contributed by atoms with van der Waals surface area (Å²) in [5.74, 6) is -0.0463.